The van der Waals surface area contributed by atoms with Gasteiger partial charge >= 0.3 is 0 Å². The van der Waals surface area contributed by atoms with Crippen LogP contribution in [0, 0.1) is 17.2 Å². The van der Waals surface area contributed by atoms with Crippen LogP contribution in [0.2, 0.25) is 5.15 Å². The molecule has 0 saturated heterocycles. The summed E-state index contributed by atoms with van der Waals surface area (Å²) in [6, 6.07) is 2.14. The molecule has 2 nitrogen and oxygen atoms in total. The van der Waals surface area contributed by atoms with E-state index in [-0.39, 0.29) is 0 Å². The number of nitriles is 1. The molecular weight excluding hydrogens is 196 g/mol. The van der Waals surface area contributed by atoms with Gasteiger partial charge in [0.1, 0.15) is 11.2 Å². The fourth-order valence-electron chi connectivity index (χ4n) is 2.01. The van der Waals surface area contributed by atoms with Gasteiger partial charge < -0.3 is 0 Å². The lowest BCUT2D eigenvalue weighted by Gasteiger charge is -2.21. The minimum atomic E-state index is 0.348. The van der Waals surface area contributed by atoms with Gasteiger partial charge in [-0.15, -0.1) is 0 Å². The summed E-state index contributed by atoms with van der Waals surface area (Å²) in [6.07, 6.45) is 4.94. The highest BCUT2D eigenvalue weighted by atomic mass is 35.5. The minimum absolute atomic E-state index is 0.348. The molecule has 0 N–H and O–H groups in total. The lowest BCUT2D eigenvalue weighted by Crippen LogP contribution is -2.13. The van der Waals surface area contributed by atoms with Crippen molar-refractivity contribution in [1.82, 2.24) is 4.98 Å². The average Bonchev–Trinajstić information content (AvgIpc) is 2.18. The summed E-state index contributed by atoms with van der Waals surface area (Å²) < 4.78 is 0. The van der Waals surface area contributed by atoms with Crippen molar-refractivity contribution in [2.45, 2.75) is 26.2 Å². The minimum Gasteiger partial charge on any atom is -0.243 e. The fourth-order valence-corrected chi connectivity index (χ4v) is 2.21. The van der Waals surface area contributed by atoms with Crippen molar-refractivity contribution in [2.24, 2.45) is 5.92 Å². The third-order valence-corrected chi connectivity index (χ3v) is 3.08. The number of hydrogen-bond donors (Lipinski definition) is 0. The van der Waals surface area contributed by atoms with Crippen LogP contribution in [0.15, 0.2) is 6.20 Å². The monoisotopic (exact) mass is 206 g/mol. The molecular formula is C11H11ClN2. The van der Waals surface area contributed by atoms with Crippen molar-refractivity contribution in [3.05, 3.63) is 28.0 Å². The van der Waals surface area contributed by atoms with E-state index < -0.39 is 0 Å². The van der Waals surface area contributed by atoms with Crippen LogP contribution >= 0.6 is 11.6 Å². The van der Waals surface area contributed by atoms with E-state index in [1.807, 2.05) is 6.20 Å². The summed E-state index contributed by atoms with van der Waals surface area (Å²) in [5.74, 6) is 0.692. The van der Waals surface area contributed by atoms with Crippen LogP contribution in [0.5, 0.6) is 0 Å². The summed E-state index contributed by atoms with van der Waals surface area (Å²) in [6.45, 7) is 2.23. The second-order valence-corrected chi connectivity index (χ2v) is 4.25. The molecule has 0 fully saturated rings. The molecule has 0 saturated carbocycles. The normalized spacial score (nSPS) is 19.9. The van der Waals surface area contributed by atoms with Crippen LogP contribution in [0.3, 0.4) is 0 Å². The molecule has 1 aromatic heterocycles. The van der Waals surface area contributed by atoms with E-state index in [1.165, 1.54) is 5.56 Å². The molecule has 0 aromatic carbocycles. The van der Waals surface area contributed by atoms with Crippen LogP contribution in [-0.4, -0.2) is 4.98 Å². The van der Waals surface area contributed by atoms with Crippen molar-refractivity contribution in [3.8, 4) is 6.07 Å². The Bertz CT molecular complexity index is 406. The Morgan fingerprint density at radius 1 is 1.64 bits per heavy atom. The standard InChI is InChI=1S/C11H11ClN2/c1-7-2-3-9-8(4-7)6-14-11(12)10(9)5-13/h6-7H,2-4H2,1H3. The first-order chi connectivity index (χ1) is 6.72. The lowest BCUT2D eigenvalue weighted by molar-refractivity contribution is 0.499. The van der Waals surface area contributed by atoms with Crippen LogP contribution in [-0.2, 0) is 12.8 Å². The molecule has 2 rings (SSSR count). The highest BCUT2D eigenvalue weighted by Crippen LogP contribution is 2.29. The van der Waals surface area contributed by atoms with E-state index >= 15 is 0 Å². The zero-order chi connectivity index (χ0) is 10.1. The molecule has 0 radical (unpaired) electrons. The second-order valence-electron chi connectivity index (χ2n) is 3.89. The Morgan fingerprint density at radius 3 is 3.14 bits per heavy atom. The van der Waals surface area contributed by atoms with E-state index in [0.29, 0.717) is 16.6 Å². The first-order valence-electron chi connectivity index (χ1n) is 4.78. The third kappa shape index (κ3) is 1.49. The Labute approximate surface area is 88.5 Å². The first kappa shape index (κ1) is 9.48. The number of aromatic nitrogens is 1. The van der Waals surface area contributed by atoms with E-state index in [4.69, 9.17) is 16.9 Å². The molecule has 0 spiro atoms. The topological polar surface area (TPSA) is 36.7 Å². The summed E-state index contributed by atoms with van der Waals surface area (Å²) in [7, 11) is 0. The molecule has 1 aliphatic rings. The molecule has 1 unspecified atom stereocenters. The zero-order valence-electron chi connectivity index (χ0n) is 8.05. The fraction of sp³-hybridized carbons (Fsp3) is 0.455. The van der Waals surface area contributed by atoms with Gasteiger partial charge in [0, 0.05) is 6.20 Å². The Balaban J connectivity index is 2.54. The quantitative estimate of drug-likeness (QED) is 0.612. The van der Waals surface area contributed by atoms with Gasteiger partial charge in [-0.05, 0) is 36.3 Å². The molecule has 0 amide bonds. The lowest BCUT2D eigenvalue weighted by atomic mass is 9.84. The largest absolute Gasteiger partial charge is 0.243 e. The van der Waals surface area contributed by atoms with Crippen molar-refractivity contribution in [1.29, 1.82) is 5.26 Å². The Hall–Kier alpha value is -1.07. The van der Waals surface area contributed by atoms with Gasteiger partial charge in [-0.3, -0.25) is 0 Å². The molecule has 1 aliphatic carbocycles. The summed E-state index contributed by atoms with van der Waals surface area (Å²) in [5, 5.41) is 9.31. The predicted molar refractivity (Wildman–Crippen MR) is 55.2 cm³/mol. The van der Waals surface area contributed by atoms with Gasteiger partial charge in [-0.1, -0.05) is 18.5 Å². The zero-order valence-corrected chi connectivity index (χ0v) is 8.80. The van der Waals surface area contributed by atoms with E-state index in [1.54, 1.807) is 0 Å². The number of hydrogen-bond acceptors (Lipinski definition) is 2. The number of rotatable bonds is 0. The molecule has 1 atom stereocenters. The number of halogens is 1. The van der Waals surface area contributed by atoms with Gasteiger partial charge in [0.2, 0.25) is 0 Å². The van der Waals surface area contributed by atoms with E-state index in [0.717, 1.165) is 24.8 Å². The SMILES string of the molecule is CC1CCc2c(cnc(Cl)c2C#N)C1. The molecule has 1 aromatic rings. The van der Waals surface area contributed by atoms with Gasteiger partial charge in [0.05, 0.1) is 5.56 Å². The molecule has 14 heavy (non-hydrogen) atoms. The van der Waals surface area contributed by atoms with Gasteiger partial charge in [0.15, 0.2) is 0 Å². The number of nitrogens with zero attached hydrogens (tertiary/aromatic N) is 2. The molecule has 1 heterocycles. The maximum Gasteiger partial charge on any atom is 0.147 e. The number of fused-ring (bicyclic) bond motifs is 1. The predicted octanol–water partition coefficient (Wildman–Crippen LogP) is 2.73. The third-order valence-electron chi connectivity index (χ3n) is 2.80. The summed E-state index contributed by atoms with van der Waals surface area (Å²) in [4.78, 5) is 4.04. The van der Waals surface area contributed by atoms with Crippen molar-refractivity contribution in [3.63, 3.8) is 0 Å². The summed E-state index contributed by atoms with van der Waals surface area (Å²) >= 11 is 5.86. The highest BCUT2D eigenvalue weighted by Gasteiger charge is 2.20. The van der Waals surface area contributed by atoms with Crippen LogP contribution in [0.4, 0.5) is 0 Å². The first-order valence-corrected chi connectivity index (χ1v) is 5.16. The van der Waals surface area contributed by atoms with Gasteiger partial charge in [-0.2, -0.15) is 5.26 Å². The molecule has 0 aliphatic heterocycles. The Kier molecular flexibility index (Phi) is 2.43. The van der Waals surface area contributed by atoms with Gasteiger partial charge in [-0.25, -0.2) is 4.98 Å². The van der Waals surface area contributed by atoms with Gasteiger partial charge in [0.25, 0.3) is 0 Å². The van der Waals surface area contributed by atoms with Crippen molar-refractivity contribution in [2.75, 3.05) is 0 Å². The Morgan fingerprint density at radius 2 is 2.43 bits per heavy atom. The molecule has 3 heteroatoms. The molecule has 72 valence electrons. The van der Waals surface area contributed by atoms with Crippen molar-refractivity contribution < 1.29 is 0 Å². The van der Waals surface area contributed by atoms with Crippen LogP contribution in [0.1, 0.15) is 30.0 Å². The van der Waals surface area contributed by atoms with Crippen molar-refractivity contribution >= 4 is 11.6 Å². The summed E-state index contributed by atoms with van der Waals surface area (Å²) in [5.41, 5.74) is 2.89. The van der Waals surface area contributed by atoms with Crippen LogP contribution < -0.4 is 0 Å². The molecule has 0 bridgehead atoms. The maximum absolute atomic E-state index is 8.97. The van der Waals surface area contributed by atoms with E-state index in [2.05, 4.69) is 18.0 Å². The maximum atomic E-state index is 8.97. The smallest absolute Gasteiger partial charge is 0.147 e. The van der Waals surface area contributed by atoms with Crippen LogP contribution in [0.25, 0.3) is 0 Å². The van der Waals surface area contributed by atoms with E-state index in [9.17, 15) is 0 Å². The highest BCUT2D eigenvalue weighted by molar-refractivity contribution is 6.30. The number of pyridine rings is 1. The second kappa shape index (κ2) is 3.59. The average molecular weight is 207 g/mol.